The van der Waals surface area contributed by atoms with Crippen LogP contribution >= 0.6 is 0 Å². The van der Waals surface area contributed by atoms with Crippen molar-refractivity contribution in [2.24, 2.45) is 7.05 Å². The molecule has 0 saturated heterocycles. The van der Waals surface area contributed by atoms with E-state index in [2.05, 4.69) is 34.1 Å². The molecule has 30 heavy (non-hydrogen) atoms. The summed E-state index contributed by atoms with van der Waals surface area (Å²) in [6.45, 7) is 0.722. The van der Waals surface area contributed by atoms with Gasteiger partial charge in [0.2, 0.25) is 0 Å². The van der Waals surface area contributed by atoms with Crippen LogP contribution in [0.5, 0.6) is 0 Å². The number of aryl methyl sites for hydroxylation is 1. The molecule has 1 heterocycles. The molecular formula is C24H24N4O2. The van der Waals surface area contributed by atoms with E-state index in [0.717, 1.165) is 24.3 Å². The third kappa shape index (κ3) is 4.25. The Morgan fingerprint density at radius 1 is 1.00 bits per heavy atom. The first-order chi connectivity index (χ1) is 14.7. The predicted octanol–water partition coefficient (Wildman–Crippen LogP) is 3.77. The third-order valence-electron chi connectivity index (χ3n) is 5.27. The highest BCUT2D eigenvalue weighted by Crippen LogP contribution is 2.24. The molecule has 6 nitrogen and oxygen atoms in total. The first-order valence-electron chi connectivity index (χ1n) is 9.88. The van der Waals surface area contributed by atoms with Crippen molar-refractivity contribution in [1.29, 1.82) is 0 Å². The molecule has 0 unspecified atom stereocenters. The molecule has 0 spiro atoms. The van der Waals surface area contributed by atoms with Gasteiger partial charge in [-0.25, -0.2) is 10.5 Å². The zero-order chi connectivity index (χ0) is 20.9. The largest absolute Gasteiger partial charge is 0.330 e. The van der Waals surface area contributed by atoms with E-state index < -0.39 is 5.91 Å². The summed E-state index contributed by atoms with van der Waals surface area (Å²) >= 11 is 0. The fourth-order valence-corrected chi connectivity index (χ4v) is 3.68. The molecule has 0 aliphatic carbocycles. The van der Waals surface area contributed by atoms with Gasteiger partial charge in [-0.05, 0) is 35.7 Å². The van der Waals surface area contributed by atoms with Gasteiger partial charge in [0.15, 0.2) is 0 Å². The van der Waals surface area contributed by atoms with Crippen molar-refractivity contribution in [1.82, 2.24) is 20.3 Å². The summed E-state index contributed by atoms with van der Waals surface area (Å²) in [5.74, 6) is 0.346. The van der Waals surface area contributed by atoms with Crippen LogP contribution in [0.25, 0.3) is 11.0 Å². The van der Waals surface area contributed by atoms with Gasteiger partial charge in [0.05, 0.1) is 17.1 Å². The number of rotatable bonds is 7. The van der Waals surface area contributed by atoms with Gasteiger partial charge in [-0.15, -0.1) is 0 Å². The van der Waals surface area contributed by atoms with E-state index in [1.807, 2.05) is 49.5 Å². The topological polar surface area (TPSA) is 79.2 Å². The Kier molecular flexibility index (Phi) is 5.88. The number of nitrogens with zero attached hydrogens (tertiary/aromatic N) is 2. The summed E-state index contributed by atoms with van der Waals surface area (Å²) in [4.78, 5) is 16.6. The average Bonchev–Trinajstić information content (AvgIpc) is 3.13. The van der Waals surface area contributed by atoms with Gasteiger partial charge in [-0.2, -0.15) is 0 Å². The molecule has 3 N–H and O–H groups in total. The fourth-order valence-electron chi connectivity index (χ4n) is 3.68. The van der Waals surface area contributed by atoms with Crippen LogP contribution in [-0.2, 0) is 20.0 Å². The van der Waals surface area contributed by atoms with Gasteiger partial charge in [0, 0.05) is 19.2 Å². The molecule has 0 radical (unpaired) electrons. The van der Waals surface area contributed by atoms with Crippen molar-refractivity contribution < 1.29 is 10.0 Å². The Hall–Kier alpha value is -3.48. The summed E-state index contributed by atoms with van der Waals surface area (Å²) in [6.07, 6.45) is 0.787. The first-order valence-corrected chi connectivity index (χ1v) is 9.88. The predicted molar refractivity (Wildman–Crippen MR) is 116 cm³/mol. The molecule has 0 saturated carbocycles. The zero-order valence-corrected chi connectivity index (χ0v) is 16.7. The number of hydrogen-bond donors (Lipinski definition) is 3. The van der Waals surface area contributed by atoms with Crippen LogP contribution in [0.3, 0.4) is 0 Å². The second kappa shape index (κ2) is 8.90. The van der Waals surface area contributed by atoms with Crippen molar-refractivity contribution in [3.63, 3.8) is 0 Å². The number of carbonyl (C=O) groups excluding carboxylic acids is 1. The average molecular weight is 400 g/mol. The summed E-state index contributed by atoms with van der Waals surface area (Å²) < 4.78 is 2.06. The molecule has 3 aromatic carbocycles. The van der Waals surface area contributed by atoms with Crippen molar-refractivity contribution in [3.8, 4) is 0 Å². The van der Waals surface area contributed by atoms with E-state index in [9.17, 15) is 4.79 Å². The Morgan fingerprint density at radius 3 is 2.33 bits per heavy atom. The van der Waals surface area contributed by atoms with Crippen LogP contribution in [0.2, 0.25) is 0 Å². The lowest BCUT2D eigenvalue weighted by molar-refractivity contribution is 0.0706. The quantitative estimate of drug-likeness (QED) is 0.326. The van der Waals surface area contributed by atoms with Gasteiger partial charge in [-0.1, -0.05) is 60.7 Å². The maximum Gasteiger partial charge on any atom is 0.274 e. The van der Waals surface area contributed by atoms with Crippen LogP contribution in [-0.4, -0.2) is 20.7 Å². The van der Waals surface area contributed by atoms with E-state index in [1.165, 1.54) is 11.1 Å². The Morgan fingerprint density at radius 2 is 1.67 bits per heavy atom. The van der Waals surface area contributed by atoms with Crippen molar-refractivity contribution >= 4 is 16.9 Å². The Balaban J connectivity index is 1.68. The fraction of sp³-hybridized carbons (Fsp3) is 0.167. The van der Waals surface area contributed by atoms with Crippen molar-refractivity contribution in [3.05, 3.63) is 101 Å². The van der Waals surface area contributed by atoms with E-state index in [-0.39, 0.29) is 6.04 Å². The molecular weight excluding hydrogens is 376 g/mol. The summed E-state index contributed by atoms with van der Waals surface area (Å²) in [6, 6.07) is 25.8. The maximum atomic E-state index is 11.8. The molecule has 0 fully saturated rings. The highest BCUT2D eigenvalue weighted by Gasteiger charge is 2.20. The number of benzene rings is 3. The Labute approximate surface area is 175 Å². The molecule has 4 aromatic rings. The standard InChI is InChI=1S/C24H24N4O2/c1-28-22-13-12-19(24(29)27-30)15-20(22)26-23(28)21(14-17-8-4-2-5-9-17)25-16-18-10-6-3-7-11-18/h2-13,15,21,25,30H,14,16H2,1H3,(H,27,29)/t21-/m1/s1. The van der Waals surface area contributed by atoms with Gasteiger partial charge in [0.25, 0.3) is 5.91 Å². The first kappa shape index (κ1) is 19.8. The van der Waals surface area contributed by atoms with Crippen LogP contribution in [0.1, 0.15) is 33.4 Å². The lowest BCUT2D eigenvalue weighted by Crippen LogP contribution is -2.25. The second-order valence-electron chi connectivity index (χ2n) is 7.28. The molecule has 6 heteroatoms. The lowest BCUT2D eigenvalue weighted by atomic mass is 10.0. The van der Waals surface area contributed by atoms with Gasteiger partial charge < -0.3 is 9.88 Å². The highest BCUT2D eigenvalue weighted by molar-refractivity contribution is 5.96. The summed E-state index contributed by atoms with van der Waals surface area (Å²) in [5, 5.41) is 12.6. The summed E-state index contributed by atoms with van der Waals surface area (Å²) in [5.41, 5.74) is 6.11. The number of amides is 1. The van der Waals surface area contributed by atoms with Gasteiger partial charge in [0.1, 0.15) is 5.82 Å². The van der Waals surface area contributed by atoms with Crippen LogP contribution < -0.4 is 10.8 Å². The number of aromatic nitrogens is 2. The minimum absolute atomic E-state index is 0.0138. The van der Waals surface area contributed by atoms with Crippen LogP contribution in [0, 0.1) is 0 Å². The normalized spacial score (nSPS) is 12.1. The number of hydrogen-bond acceptors (Lipinski definition) is 4. The number of hydroxylamine groups is 1. The van der Waals surface area contributed by atoms with E-state index in [1.54, 1.807) is 17.6 Å². The van der Waals surface area contributed by atoms with E-state index in [4.69, 9.17) is 10.2 Å². The van der Waals surface area contributed by atoms with Gasteiger partial charge >= 0.3 is 0 Å². The van der Waals surface area contributed by atoms with Gasteiger partial charge in [-0.3, -0.25) is 10.0 Å². The van der Waals surface area contributed by atoms with Crippen LogP contribution in [0.15, 0.2) is 78.9 Å². The molecule has 0 aliphatic rings. The van der Waals surface area contributed by atoms with Crippen LogP contribution in [0.4, 0.5) is 0 Å². The lowest BCUT2D eigenvalue weighted by Gasteiger charge is -2.19. The third-order valence-corrected chi connectivity index (χ3v) is 5.27. The number of fused-ring (bicyclic) bond motifs is 1. The zero-order valence-electron chi connectivity index (χ0n) is 16.7. The molecule has 152 valence electrons. The second-order valence-corrected chi connectivity index (χ2v) is 7.28. The maximum absolute atomic E-state index is 11.8. The smallest absolute Gasteiger partial charge is 0.274 e. The molecule has 1 atom stereocenters. The number of nitrogens with one attached hydrogen (secondary N) is 2. The SMILES string of the molecule is Cn1c([C@@H](Cc2ccccc2)NCc2ccccc2)nc2cc(C(=O)NO)ccc21. The summed E-state index contributed by atoms with van der Waals surface area (Å²) in [7, 11) is 1.98. The molecule has 0 bridgehead atoms. The Bertz CT molecular complexity index is 1140. The molecule has 4 rings (SSSR count). The highest BCUT2D eigenvalue weighted by atomic mass is 16.5. The number of carbonyl (C=O) groups is 1. The molecule has 0 aliphatic heterocycles. The minimum Gasteiger partial charge on any atom is -0.330 e. The van der Waals surface area contributed by atoms with E-state index >= 15 is 0 Å². The minimum atomic E-state index is -0.549. The monoisotopic (exact) mass is 400 g/mol. The number of imidazole rings is 1. The van der Waals surface area contributed by atoms with E-state index in [0.29, 0.717) is 11.1 Å². The molecule has 1 amide bonds. The molecule has 1 aromatic heterocycles. The van der Waals surface area contributed by atoms with Crippen molar-refractivity contribution in [2.75, 3.05) is 0 Å². The van der Waals surface area contributed by atoms with Crippen molar-refractivity contribution in [2.45, 2.75) is 19.0 Å².